The number of nitrogens with zero attached hydrogens (tertiary/aromatic N) is 5. The van der Waals surface area contributed by atoms with E-state index in [0.29, 0.717) is 23.9 Å². The first-order valence-corrected chi connectivity index (χ1v) is 13.6. The Morgan fingerprint density at radius 3 is 2.49 bits per heavy atom. The third-order valence-corrected chi connectivity index (χ3v) is 8.09. The normalized spacial score (nSPS) is 12.3. The number of rotatable bonds is 11. The van der Waals surface area contributed by atoms with Crippen LogP contribution in [0.25, 0.3) is 0 Å². The summed E-state index contributed by atoms with van der Waals surface area (Å²) in [5.74, 6) is -0.703. The van der Waals surface area contributed by atoms with Crippen LogP contribution in [0.4, 0.5) is 5.82 Å². The maximum atomic E-state index is 13.1. The summed E-state index contributed by atoms with van der Waals surface area (Å²) in [6.45, 7) is 6.03. The first-order valence-electron chi connectivity index (χ1n) is 11.1. The number of hydrogen-bond acceptors (Lipinski definition) is 9. The van der Waals surface area contributed by atoms with Crippen molar-refractivity contribution in [3.05, 3.63) is 47.9 Å². The fourth-order valence-corrected chi connectivity index (χ4v) is 5.63. The molecule has 0 fully saturated rings. The van der Waals surface area contributed by atoms with Gasteiger partial charge in [-0.25, -0.2) is 13.2 Å². The van der Waals surface area contributed by atoms with Gasteiger partial charge >= 0.3 is 5.97 Å². The average molecular weight is 521 g/mol. The summed E-state index contributed by atoms with van der Waals surface area (Å²) in [4.78, 5) is 25.5. The molecule has 1 atom stereocenters. The monoisotopic (exact) mass is 520 g/mol. The highest BCUT2D eigenvalue weighted by atomic mass is 32.2. The van der Waals surface area contributed by atoms with Crippen LogP contribution in [0.15, 0.2) is 46.6 Å². The summed E-state index contributed by atoms with van der Waals surface area (Å²) in [6.07, 6.45) is 1.80. The molecule has 1 aromatic carbocycles. The molecule has 2 aromatic heterocycles. The second-order valence-corrected chi connectivity index (χ2v) is 10.6. The molecule has 0 radical (unpaired) electrons. The summed E-state index contributed by atoms with van der Waals surface area (Å²) in [5.41, 5.74) is 0.160. The minimum atomic E-state index is -3.61. The fourth-order valence-electron chi connectivity index (χ4n) is 3.30. The van der Waals surface area contributed by atoms with Crippen molar-refractivity contribution >= 4 is 39.3 Å². The maximum absolute atomic E-state index is 13.1. The molecule has 35 heavy (non-hydrogen) atoms. The van der Waals surface area contributed by atoms with Crippen LogP contribution < -0.4 is 5.32 Å². The zero-order chi connectivity index (χ0) is 25.6. The molecular formula is C22H28N6O5S2. The molecule has 0 aliphatic rings. The van der Waals surface area contributed by atoms with Crippen molar-refractivity contribution in [2.45, 2.75) is 54.8 Å². The lowest BCUT2D eigenvalue weighted by atomic mass is 10.3. The number of aryl methyl sites for hydroxylation is 1. The summed E-state index contributed by atoms with van der Waals surface area (Å²) in [7, 11) is -1.99. The molecule has 0 spiro atoms. The van der Waals surface area contributed by atoms with E-state index in [1.165, 1.54) is 34.8 Å². The number of carbonyl (C=O) groups is 2. The Hall–Kier alpha value is -3.19. The molecule has 0 bridgehead atoms. The molecule has 0 aliphatic heterocycles. The van der Waals surface area contributed by atoms with Crippen LogP contribution in [0.2, 0.25) is 0 Å². The van der Waals surface area contributed by atoms with Gasteiger partial charge < -0.3 is 14.6 Å². The van der Waals surface area contributed by atoms with E-state index in [1.54, 1.807) is 36.7 Å². The molecule has 0 saturated heterocycles. The van der Waals surface area contributed by atoms with Gasteiger partial charge in [0.25, 0.3) is 0 Å². The second kappa shape index (κ2) is 11.5. The largest absolute Gasteiger partial charge is 0.462 e. The Bertz CT molecular complexity index is 1290. The third-order valence-electron chi connectivity index (χ3n) is 5.12. The molecule has 13 heteroatoms. The van der Waals surface area contributed by atoms with Gasteiger partial charge in [-0.15, -0.1) is 10.2 Å². The fraction of sp³-hybridized carbons (Fsp3) is 0.409. The van der Waals surface area contributed by atoms with E-state index in [0.717, 1.165) is 0 Å². The molecule has 2 heterocycles. The number of nitrogens with one attached hydrogen (secondary N) is 1. The van der Waals surface area contributed by atoms with Gasteiger partial charge in [0, 0.05) is 13.6 Å². The molecule has 1 unspecified atom stereocenters. The number of hydrogen-bond donors (Lipinski definition) is 1. The number of esters is 1. The molecule has 3 aromatic rings. The van der Waals surface area contributed by atoms with Crippen LogP contribution in [0.1, 0.15) is 43.4 Å². The topological polar surface area (TPSA) is 138 Å². The lowest BCUT2D eigenvalue weighted by molar-refractivity contribution is -0.115. The van der Waals surface area contributed by atoms with Gasteiger partial charge in [0.15, 0.2) is 15.0 Å². The average Bonchev–Trinajstić information content (AvgIpc) is 3.40. The minimum absolute atomic E-state index is 0.160. The van der Waals surface area contributed by atoms with Crippen molar-refractivity contribution in [3.8, 4) is 0 Å². The molecule has 188 valence electrons. The number of aromatic nitrogens is 5. The first kappa shape index (κ1) is 26.4. The standard InChI is InChI=1S/C22H28N6O5S2/c1-5-17(20(29)24-19-16(13-23-27(19)4)21(30)33-7-3)34-22-26-25-18(28(22)6-2)14-35(31,32)15-11-9-8-10-12-15/h8-13,17H,5-7,14H2,1-4H3,(H,24,29). The SMILES string of the molecule is CCOC(=O)c1cnn(C)c1NC(=O)C(CC)Sc1nnc(CS(=O)(=O)c2ccccc2)n1CC. The summed E-state index contributed by atoms with van der Waals surface area (Å²) in [5, 5.41) is 14.9. The lowest BCUT2D eigenvalue weighted by Crippen LogP contribution is -2.27. The highest BCUT2D eigenvalue weighted by Gasteiger charge is 2.27. The third kappa shape index (κ3) is 6.09. The van der Waals surface area contributed by atoms with Crippen LogP contribution in [0.3, 0.4) is 0 Å². The number of amides is 1. The molecule has 1 N–H and O–H groups in total. The molecule has 1 amide bonds. The van der Waals surface area contributed by atoms with Gasteiger partial charge in [0.05, 0.1) is 22.9 Å². The first-order chi connectivity index (χ1) is 16.7. The Kier molecular flexibility index (Phi) is 8.67. The Balaban J connectivity index is 1.78. The summed E-state index contributed by atoms with van der Waals surface area (Å²) < 4.78 is 33.7. The molecule has 3 rings (SSSR count). The zero-order valence-corrected chi connectivity index (χ0v) is 21.6. The van der Waals surface area contributed by atoms with Crippen molar-refractivity contribution in [3.63, 3.8) is 0 Å². The summed E-state index contributed by atoms with van der Waals surface area (Å²) in [6, 6.07) is 8.16. The Morgan fingerprint density at radius 2 is 1.86 bits per heavy atom. The van der Waals surface area contributed by atoms with Crippen LogP contribution in [-0.2, 0) is 38.7 Å². The zero-order valence-electron chi connectivity index (χ0n) is 20.0. The van der Waals surface area contributed by atoms with E-state index >= 15 is 0 Å². The highest BCUT2D eigenvalue weighted by molar-refractivity contribution is 8.00. The van der Waals surface area contributed by atoms with Crippen molar-refractivity contribution in [1.82, 2.24) is 24.5 Å². The number of anilines is 1. The van der Waals surface area contributed by atoms with Gasteiger partial charge in [-0.05, 0) is 32.4 Å². The second-order valence-electron chi connectivity index (χ2n) is 7.47. The molecular weight excluding hydrogens is 492 g/mol. The van der Waals surface area contributed by atoms with Crippen LogP contribution in [-0.4, -0.2) is 56.7 Å². The smallest absolute Gasteiger partial charge is 0.343 e. The van der Waals surface area contributed by atoms with Gasteiger partial charge in [-0.2, -0.15) is 5.10 Å². The van der Waals surface area contributed by atoms with Crippen molar-refractivity contribution in [2.75, 3.05) is 11.9 Å². The number of benzene rings is 1. The quantitative estimate of drug-likeness (QED) is 0.299. The van der Waals surface area contributed by atoms with Crippen molar-refractivity contribution in [1.29, 1.82) is 0 Å². The molecule has 0 aliphatic carbocycles. The molecule has 11 nitrogen and oxygen atoms in total. The molecule has 0 saturated carbocycles. The Morgan fingerprint density at radius 1 is 1.14 bits per heavy atom. The van der Waals surface area contributed by atoms with Crippen molar-refractivity contribution in [2.24, 2.45) is 7.05 Å². The van der Waals surface area contributed by atoms with E-state index in [9.17, 15) is 18.0 Å². The number of ether oxygens (including phenoxy) is 1. The van der Waals surface area contributed by atoms with E-state index in [2.05, 4.69) is 20.6 Å². The van der Waals surface area contributed by atoms with Crippen LogP contribution in [0, 0.1) is 0 Å². The van der Waals surface area contributed by atoms with Gasteiger partial charge in [-0.3, -0.25) is 9.48 Å². The van der Waals surface area contributed by atoms with Crippen LogP contribution in [0.5, 0.6) is 0 Å². The van der Waals surface area contributed by atoms with Gasteiger partial charge in [-0.1, -0.05) is 36.9 Å². The Labute approximate surface area is 208 Å². The van der Waals surface area contributed by atoms with E-state index in [4.69, 9.17) is 4.74 Å². The number of sulfone groups is 1. The van der Waals surface area contributed by atoms with E-state index in [1.807, 2.05) is 13.8 Å². The van der Waals surface area contributed by atoms with Crippen molar-refractivity contribution < 1.29 is 22.7 Å². The maximum Gasteiger partial charge on any atom is 0.343 e. The van der Waals surface area contributed by atoms with Gasteiger partial charge in [0.2, 0.25) is 5.91 Å². The highest BCUT2D eigenvalue weighted by Crippen LogP contribution is 2.27. The van der Waals surface area contributed by atoms with Crippen LogP contribution >= 0.6 is 11.8 Å². The summed E-state index contributed by atoms with van der Waals surface area (Å²) >= 11 is 1.18. The minimum Gasteiger partial charge on any atom is -0.462 e. The predicted octanol–water partition coefficient (Wildman–Crippen LogP) is 2.69. The number of carbonyl (C=O) groups excluding carboxylic acids is 2. The van der Waals surface area contributed by atoms with E-state index in [-0.39, 0.29) is 34.5 Å². The van der Waals surface area contributed by atoms with Gasteiger partial charge in [0.1, 0.15) is 23.0 Å². The van der Waals surface area contributed by atoms with E-state index < -0.39 is 21.1 Å². The lowest BCUT2D eigenvalue weighted by Gasteiger charge is -2.16. The number of thioether (sulfide) groups is 1. The predicted molar refractivity (Wildman–Crippen MR) is 131 cm³/mol.